The molecule has 0 fully saturated rings. The summed E-state index contributed by atoms with van der Waals surface area (Å²) < 4.78 is 1.95. The smallest absolute Gasteiger partial charge is 0.118 e. The van der Waals surface area contributed by atoms with Gasteiger partial charge in [0.2, 0.25) is 0 Å². The van der Waals surface area contributed by atoms with E-state index in [0.29, 0.717) is 0 Å². The van der Waals surface area contributed by atoms with Gasteiger partial charge in [-0.2, -0.15) is 5.10 Å². The lowest BCUT2D eigenvalue weighted by molar-refractivity contribution is 0.477. The number of fused-ring (bicyclic) bond motifs is 1. The second-order valence-electron chi connectivity index (χ2n) is 2.45. The van der Waals surface area contributed by atoms with Gasteiger partial charge in [-0.3, -0.25) is 4.68 Å². The predicted molar refractivity (Wildman–Crippen MR) is 39.3 cm³/mol. The molecule has 1 N–H and O–H groups in total. The van der Waals surface area contributed by atoms with Crippen LogP contribution >= 0.6 is 0 Å². The first-order valence-electron chi connectivity index (χ1n) is 3.39. The summed E-state index contributed by atoms with van der Waals surface area (Å²) in [7, 11) is 5.64. The van der Waals surface area contributed by atoms with Gasteiger partial charge in [0.1, 0.15) is 7.85 Å². The third kappa shape index (κ3) is 0.760. The number of rotatable bonds is 0. The van der Waals surface area contributed by atoms with Gasteiger partial charge >= 0.3 is 0 Å². The van der Waals surface area contributed by atoms with Crippen LogP contribution in [0.4, 0.5) is 0 Å². The van der Waals surface area contributed by atoms with E-state index in [2.05, 4.69) is 10.4 Å². The molecule has 1 aromatic rings. The number of aromatic nitrogens is 2. The minimum absolute atomic E-state index is 0.798. The van der Waals surface area contributed by atoms with Gasteiger partial charge in [0.05, 0.1) is 6.54 Å². The van der Waals surface area contributed by atoms with Crippen LogP contribution in [0.1, 0.15) is 5.69 Å². The Labute approximate surface area is 60.8 Å². The summed E-state index contributed by atoms with van der Waals surface area (Å²) in [5.41, 5.74) is 1.92. The van der Waals surface area contributed by atoms with Crippen molar-refractivity contribution in [3.63, 3.8) is 0 Å². The SMILES string of the molecule is [B]c1cnn2c1CNCC2. The third-order valence-electron chi connectivity index (χ3n) is 1.77. The molecule has 2 rings (SSSR count). The minimum atomic E-state index is 0.798. The van der Waals surface area contributed by atoms with Gasteiger partial charge in [0.15, 0.2) is 0 Å². The van der Waals surface area contributed by atoms with Gasteiger partial charge in [0.25, 0.3) is 0 Å². The second-order valence-corrected chi connectivity index (χ2v) is 2.45. The molecule has 1 aliphatic rings. The average Bonchev–Trinajstić information content (AvgIpc) is 2.34. The van der Waals surface area contributed by atoms with Crippen molar-refractivity contribution in [2.24, 2.45) is 0 Å². The van der Waals surface area contributed by atoms with Crippen molar-refractivity contribution in [3.8, 4) is 0 Å². The highest BCUT2D eigenvalue weighted by molar-refractivity contribution is 6.33. The lowest BCUT2D eigenvalue weighted by Crippen LogP contribution is -2.31. The Balaban J connectivity index is 2.45. The van der Waals surface area contributed by atoms with Crippen LogP contribution in [0.25, 0.3) is 0 Å². The number of nitrogens with one attached hydrogen (secondary N) is 1. The van der Waals surface area contributed by atoms with E-state index in [-0.39, 0.29) is 0 Å². The van der Waals surface area contributed by atoms with E-state index < -0.39 is 0 Å². The first-order valence-corrected chi connectivity index (χ1v) is 3.39. The van der Waals surface area contributed by atoms with Crippen molar-refractivity contribution < 1.29 is 0 Å². The van der Waals surface area contributed by atoms with Crippen LogP contribution in [0.2, 0.25) is 0 Å². The van der Waals surface area contributed by atoms with Crippen molar-refractivity contribution in [1.29, 1.82) is 0 Å². The van der Waals surface area contributed by atoms with Crippen molar-refractivity contribution in [1.82, 2.24) is 15.1 Å². The monoisotopic (exact) mass is 133 g/mol. The predicted octanol–water partition coefficient (Wildman–Crippen LogP) is -1.22. The summed E-state index contributed by atoms with van der Waals surface area (Å²) in [4.78, 5) is 0. The first kappa shape index (κ1) is 5.98. The number of nitrogens with zero attached hydrogens (tertiary/aromatic N) is 2. The Morgan fingerprint density at radius 1 is 1.70 bits per heavy atom. The fraction of sp³-hybridized carbons (Fsp3) is 0.500. The van der Waals surface area contributed by atoms with E-state index in [0.717, 1.165) is 30.8 Å². The molecule has 3 nitrogen and oxygen atoms in total. The Morgan fingerprint density at radius 3 is 3.40 bits per heavy atom. The van der Waals surface area contributed by atoms with Crippen LogP contribution in [0, 0.1) is 0 Å². The molecule has 0 unspecified atom stereocenters. The highest BCUT2D eigenvalue weighted by atomic mass is 15.3. The van der Waals surface area contributed by atoms with Crippen LogP contribution in [0.15, 0.2) is 6.20 Å². The largest absolute Gasteiger partial charge is 0.309 e. The van der Waals surface area contributed by atoms with Crippen LogP contribution in [-0.2, 0) is 13.1 Å². The summed E-state index contributed by atoms with van der Waals surface area (Å²) in [6.45, 7) is 2.78. The Kier molecular flexibility index (Phi) is 1.27. The Bertz CT molecular complexity index is 243. The molecule has 1 aliphatic heterocycles. The lowest BCUT2D eigenvalue weighted by atomic mass is 9.96. The highest BCUT2D eigenvalue weighted by Crippen LogP contribution is 1.98. The maximum Gasteiger partial charge on any atom is 0.118 e. The topological polar surface area (TPSA) is 29.9 Å². The van der Waals surface area contributed by atoms with Crippen LogP contribution in [0.5, 0.6) is 0 Å². The fourth-order valence-electron chi connectivity index (χ4n) is 1.20. The molecule has 2 radical (unpaired) electrons. The molecule has 0 aliphatic carbocycles. The molecule has 1 aromatic heterocycles. The molecule has 0 amide bonds. The molecule has 0 spiro atoms. The van der Waals surface area contributed by atoms with Gasteiger partial charge in [-0.05, 0) is 0 Å². The summed E-state index contributed by atoms with van der Waals surface area (Å²) in [6.07, 6.45) is 1.71. The maximum absolute atomic E-state index is 5.64. The molecule has 0 saturated heterocycles. The fourth-order valence-corrected chi connectivity index (χ4v) is 1.20. The quantitative estimate of drug-likeness (QED) is 0.449. The molecular formula is C6H8BN3. The number of hydrogen-bond acceptors (Lipinski definition) is 2. The number of hydrogen-bond donors (Lipinski definition) is 1. The third-order valence-corrected chi connectivity index (χ3v) is 1.77. The summed E-state index contributed by atoms with van der Waals surface area (Å²) in [6, 6.07) is 0. The summed E-state index contributed by atoms with van der Waals surface area (Å²) >= 11 is 0. The summed E-state index contributed by atoms with van der Waals surface area (Å²) in [5.74, 6) is 0. The van der Waals surface area contributed by atoms with E-state index >= 15 is 0 Å². The molecule has 0 saturated carbocycles. The van der Waals surface area contributed by atoms with E-state index in [9.17, 15) is 0 Å². The standard InChI is InChI=1S/C6H8BN3/c7-5-3-9-10-2-1-8-4-6(5)10/h3,8H,1-2,4H2. The van der Waals surface area contributed by atoms with Gasteiger partial charge in [-0.25, -0.2) is 0 Å². The first-order chi connectivity index (χ1) is 4.88. The van der Waals surface area contributed by atoms with Crippen molar-refractivity contribution in [2.75, 3.05) is 6.54 Å². The molecule has 0 atom stereocenters. The summed E-state index contributed by atoms with van der Waals surface area (Å²) in [5, 5.41) is 7.34. The molecule has 0 bridgehead atoms. The van der Waals surface area contributed by atoms with E-state index in [4.69, 9.17) is 7.85 Å². The zero-order valence-corrected chi connectivity index (χ0v) is 5.67. The van der Waals surface area contributed by atoms with E-state index in [1.54, 1.807) is 6.20 Å². The molecule has 0 aromatic carbocycles. The van der Waals surface area contributed by atoms with E-state index in [1.165, 1.54) is 0 Å². The van der Waals surface area contributed by atoms with Crippen LogP contribution in [0.3, 0.4) is 0 Å². The zero-order valence-electron chi connectivity index (χ0n) is 5.67. The van der Waals surface area contributed by atoms with Crippen molar-refractivity contribution in [2.45, 2.75) is 13.1 Å². The maximum atomic E-state index is 5.64. The minimum Gasteiger partial charge on any atom is -0.309 e. The second kappa shape index (κ2) is 2.13. The van der Waals surface area contributed by atoms with Gasteiger partial charge in [-0.1, -0.05) is 5.46 Å². The lowest BCUT2D eigenvalue weighted by Gasteiger charge is -2.15. The molecule has 50 valence electrons. The Morgan fingerprint density at radius 2 is 2.60 bits per heavy atom. The van der Waals surface area contributed by atoms with Crippen molar-refractivity contribution >= 4 is 13.3 Å². The van der Waals surface area contributed by atoms with Gasteiger partial charge < -0.3 is 5.32 Å². The highest BCUT2D eigenvalue weighted by Gasteiger charge is 2.09. The zero-order chi connectivity index (χ0) is 6.97. The molecule has 4 heteroatoms. The van der Waals surface area contributed by atoms with Crippen molar-refractivity contribution in [3.05, 3.63) is 11.9 Å². The average molecular weight is 133 g/mol. The Hall–Kier alpha value is -0.765. The normalized spacial score (nSPS) is 16.8. The van der Waals surface area contributed by atoms with E-state index in [1.807, 2.05) is 4.68 Å². The molecule has 2 heterocycles. The van der Waals surface area contributed by atoms with Crippen LogP contribution in [-0.4, -0.2) is 24.2 Å². The van der Waals surface area contributed by atoms with Crippen LogP contribution < -0.4 is 10.8 Å². The van der Waals surface area contributed by atoms with Gasteiger partial charge in [-0.15, -0.1) is 0 Å². The van der Waals surface area contributed by atoms with Gasteiger partial charge in [0, 0.05) is 25.0 Å². The molecular weight excluding hydrogens is 125 g/mol. The molecule has 10 heavy (non-hydrogen) atoms.